The zero-order valence-electron chi connectivity index (χ0n) is 18.1. The van der Waals surface area contributed by atoms with E-state index < -0.39 is 0 Å². The van der Waals surface area contributed by atoms with Crippen LogP contribution in [-0.4, -0.2) is 30.8 Å². The highest BCUT2D eigenvalue weighted by Crippen LogP contribution is 2.28. The number of anilines is 1. The van der Waals surface area contributed by atoms with Gasteiger partial charge in [-0.25, -0.2) is 4.79 Å². The maximum Gasteiger partial charge on any atom is 0.348 e. The van der Waals surface area contributed by atoms with Gasteiger partial charge in [0.15, 0.2) is 5.78 Å². The minimum Gasteiger partial charge on any atom is -0.465 e. The number of ketones is 1. The van der Waals surface area contributed by atoms with E-state index >= 15 is 0 Å². The molecule has 3 rings (SSSR count). The number of benzene rings is 1. The summed E-state index contributed by atoms with van der Waals surface area (Å²) in [6.07, 6.45) is 9.74. The number of rotatable bonds is 10. The Morgan fingerprint density at radius 2 is 1.94 bits per heavy atom. The van der Waals surface area contributed by atoms with E-state index in [1.165, 1.54) is 18.4 Å². The van der Waals surface area contributed by atoms with Crippen molar-refractivity contribution in [3.05, 3.63) is 63.9 Å². The molecule has 0 bridgehead atoms. The lowest BCUT2D eigenvalue weighted by Crippen LogP contribution is -2.31. The summed E-state index contributed by atoms with van der Waals surface area (Å²) in [5.41, 5.74) is 1.53. The molecule has 1 unspecified atom stereocenters. The molecule has 6 heteroatoms. The van der Waals surface area contributed by atoms with Crippen molar-refractivity contribution in [2.24, 2.45) is 0 Å². The van der Waals surface area contributed by atoms with Crippen molar-refractivity contribution >= 4 is 34.7 Å². The van der Waals surface area contributed by atoms with Gasteiger partial charge in [0.1, 0.15) is 4.88 Å². The summed E-state index contributed by atoms with van der Waals surface area (Å²) in [5, 5.41) is 0. The molecular formula is C25H29NO4S. The van der Waals surface area contributed by atoms with Crippen LogP contribution in [0.15, 0.2) is 48.6 Å². The van der Waals surface area contributed by atoms with E-state index in [9.17, 15) is 14.4 Å². The summed E-state index contributed by atoms with van der Waals surface area (Å²) >= 11 is 1.42. The first-order chi connectivity index (χ1) is 15.0. The number of nitrogens with zero attached hydrogens (tertiary/aromatic N) is 1. The number of hydrogen-bond donors (Lipinski definition) is 0. The summed E-state index contributed by atoms with van der Waals surface area (Å²) in [7, 11) is 1.38. The molecule has 0 saturated carbocycles. The van der Waals surface area contributed by atoms with Crippen molar-refractivity contribution in [1.29, 1.82) is 0 Å². The Hall–Kier alpha value is -2.73. The average molecular weight is 440 g/mol. The zero-order chi connectivity index (χ0) is 22.2. The molecule has 0 N–H and O–H groups in total. The molecule has 0 spiro atoms. The van der Waals surface area contributed by atoms with Crippen LogP contribution in [-0.2, 0) is 16.0 Å². The molecule has 1 atom stereocenters. The first-order valence-electron chi connectivity index (χ1n) is 10.8. The van der Waals surface area contributed by atoms with E-state index in [4.69, 9.17) is 4.74 Å². The van der Waals surface area contributed by atoms with Crippen LogP contribution in [0.5, 0.6) is 0 Å². The highest BCUT2D eigenvalue weighted by Gasteiger charge is 2.30. The van der Waals surface area contributed by atoms with Gasteiger partial charge in [-0.2, -0.15) is 0 Å². The highest BCUT2D eigenvalue weighted by atomic mass is 32.1. The summed E-state index contributed by atoms with van der Waals surface area (Å²) in [6, 6.07) is 11.1. The third-order valence-corrected chi connectivity index (χ3v) is 6.54. The summed E-state index contributed by atoms with van der Waals surface area (Å²) in [6.45, 7) is 2.12. The Morgan fingerprint density at radius 1 is 1.16 bits per heavy atom. The predicted molar refractivity (Wildman–Crippen MR) is 124 cm³/mol. The monoisotopic (exact) mass is 439 g/mol. The van der Waals surface area contributed by atoms with Gasteiger partial charge in [-0.05, 0) is 55.7 Å². The Balaban J connectivity index is 1.63. The number of allylic oxidation sites excluding steroid dienone is 1. The largest absolute Gasteiger partial charge is 0.465 e. The SMILES string of the molecule is CCCCCC(=O)c1ccc(N2C(=O)CCC2/C=C/Cc2ccc(C(=O)OC)s2)cc1. The second-order valence-electron chi connectivity index (χ2n) is 7.69. The third-order valence-electron chi connectivity index (χ3n) is 5.45. The van der Waals surface area contributed by atoms with Crippen molar-refractivity contribution < 1.29 is 19.1 Å². The van der Waals surface area contributed by atoms with Gasteiger partial charge in [-0.3, -0.25) is 9.59 Å². The van der Waals surface area contributed by atoms with Gasteiger partial charge >= 0.3 is 5.97 Å². The Bertz CT molecular complexity index is 945. The van der Waals surface area contributed by atoms with Gasteiger partial charge in [-0.1, -0.05) is 31.9 Å². The van der Waals surface area contributed by atoms with Crippen LogP contribution in [0.4, 0.5) is 5.69 Å². The minimum atomic E-state index is -0.319. The number of ether oxygens (including phenoxy) is 1. The highest BCUT2D eigenvalue weighted by molar-refractivity contribution is 7.13. The lowest BCUT2D eigenvalue weighted by molar-refractivity contribution is -0.117. The summed E-state index contributed by atoms with van der Waals surface area (Å²) in [5.74, 6) is -0.0627. The smallest absolute Gasteiger partial charge is 0.348 e. The van der Waals surface area contributed by atoms with E-state index in [1.54, 1.807) is 6.07 Å². The molecule has 1 fully saturated rings. The quantitative estimate of drug-likeness (QED) is 0.209. The van der Waals surface area contributed by atoms with Crippen LogP contribution in [0.3, 0.4) is 0 Å². The standard InChI is InChI=1S/C25H29NO4S/c1-3-4-5-9-22(27)18-10-12-20(13-11-18)26-19(14-17-24(26)28)7-6-8-21-15-16-23(31-21)25(29)30-2/h6-7,10-13,15-16,19H,3-5,8-9,14,17H2,1-2H3/b7-6+. The maximum atomic E-state index is 12.5. The molecule has 1 aromatic carbocycles. The fraction of sp³-hybridized carbons (Fsp3) is 0.400. The summed E-state index contributed by atoms with van der Waals surface area (Å²) < 4.78 is 4.75. The number of unbranched alkanes of at least 4 members (excludes halogenated alkanes) is 2. The molecule has 1 aliphatic heterocycles. The van der Waals surface area contributed by atoms with Gasteiger partial charge in [-0.15, -0.1) is 11.3 Å². The predicted octanol–water partition coefficient (Wildman–Crippen LogP) is 5.59. The van der Waals surface area contributed by atoms with Crippen LogP contribution in [0.2, 0.25) is 0 Å². The fourth-order valence-corrected chi connectivity index (χ4v) is 4.65. The van der Waals surface area contributed by atoms with Crippen LogP contribution in [0.25, 0.3) is 0 Å². The number of hydrogen-bond acceptors (Lipinski definition) is 5. The molecular weight excluding hydrogens is 410 g/mol. The number of Topliss-reactive ketones (excluding diaryl/α,β-unsaturated/α-hetero) is 1. The lowest BCUT2D eigenvalue weighted by Gasteiger charge is -2.22. The molecule has 0 aliphatic carbocycles. The van der Waals surface area contributed by atoms with Gasteiger partial charge in [0.05, 0.1) is 13.2 Å². The van der Waals surface area contributed by atoms with E-state index in [0.29, 0.717) is 29.7 Å². The Labute approximate surface area is 187 Å². The van der Waals surface area contributed by atoms with Crippen LogP contribution in [0, 0.1) is 0 Å². The minimum absolute atomic E-state index is 0.00125. The van der Waals surface area contributed by atoms with Gasteiger partial charge in [0.2, 0.25) is 5.91 Å². The third kappa shape index (κ3) is 5.91. The summed E-state index contributed by atoms with van der Waals surface area (Å²) in [4.78, 5) is 39.9. The molecule has 164 valence electrons. The number of esters is 1. The Kier molecular flexibility index (Phi) is 8.18. The molecule has 2 heterocycles. The number of amides is 1. The zero-order valence-corrected chi connectivity index (χ0v) is 19.0. The van der Waals surface area contributed by atoms with Crippen LogP contribution in [0.1, 0.15) is 70.4 Å². The number of methoxy groups -OCH3 is 1. The molecule has 1 aromatic heterocycles. The molecule has 2 aromatic rings. The van der Waals surface area contributed by atoms with Gasteiger partial charge < -0.3 is 9.64 Å². The van der Waals surface area contributed by atoms with E-state index in [1.807, 2.05) is 35.2 Å². The fourth-order valence-electron chi connectivity index (χ4n) is 3.75. The van der Waals surface area contributed by atoms with E-state index in [2.05, 4.69) is 19.1 Å². The molecule has 0 radical (unpaired) electrons. The molecule has 1 aliphatic rings. The van der Waals surface area contributed by atoms with Crippen LogP contribution < -0.4 is 4.90 Å². The second-order valence-corrected chi connectivity index (χ2v) is 8.86. The molecule has 1 saturated heterocycles. The topological polar surface area (TPSA) is 63.7 Å². The van der Waals surface area contributed by atoms with E-state index in [0.717, 1.165) is 36.2 Å². The number of carbonyl (C=O) groups excluding carboxylic acids is 3. The first kappa shape index (κ1) is 22.9. The van der Waals surface area contributed by atoms with E-state index in [-0.39, 0.29) is 23.7 Å². The van der Waals surface area contributed by atoms with Crippen molar-refractivity contribution in [3.63, 3.8) is 0 Å². The molecule has 5 nitrogen and oxygen atoms in total. The normalized spacial score (nSPS) is 16.3. The number of carbonyl (C=O) groups is 3. The van der Waals surface area contributed by atoms with Crippen LogP contribution >= 0.6 is 11.3 Å². The lowest BCUT2D eigenvalue weighted by atomic mass is 10.0. The van der Waals surface area contributed by atoms with Crippen molar-refractivity contribution in [1.82, 2.24) is 0 Å². The second kappa shape index (κ2) is 11.0. The van der Waals surface area contributed by atoms with Crippen molar-refractivity contribution in [3.8, 4) is 0 Å². The average Bonchev–Trinajstić information content (AvgIpc) is 3.40. The first-order valence-corrected chi connectivity index (χ1v) is 11.6. The van der Waals surface area contributed by atoms with Crippen molar-refractivity contribution in [2.75, 3.05) is 12.0 Å². The molecule has 1 amide bonds. The van der Waals surface area contributed by atoms with Gasteiger partial charge in [0.25, 0.3) is 0 Å². The number of thiophene rings is 1. The maximum absolute atomic E-state index is 12.5. The van der Waals surface area contributed by atoms with Gasteiger partial charge in [0, 0.05) is 29.0 Å². The van der Waals surface area contributed by atoms with Crippen molar-refractivity contribution in [2.45, 2.75) is 57.9 Å². The molecule has 31 heavy (non-hydrogen) atoms. The Morgan fingerprint density at radius 3 is 2.65 bits per heavy atom.